The molecule has 1 unspecified atom stereocenters. The predicted octanol–water partition coefficient (Wildman–Crippen LogP) is 3.64. The average molecular weight is 442 g/mol. The van der Waals surface area contributed by atoms with Crippen LogP contribution in [0.25, 0.3) is 0 Å². The third-order valence-corrected chi connectivity index (χ3v) is 8.02. The highest BCUT2D eigenvalue weighted by atomic mass is 32.2. The van der Waals surface area contributed by atoms with E-state index in [9.17, 15) is 13.2 Å². The van der Waals surface area contributed by atoms with Crippen LogP contribution in [0.3, 0.4) is 0 Å². The first-order valence-corrected chi connectivity index (χ1v) is 12.6. The number of carbonyl (C=O) groups excluding carboxylic acids is 1. The molecule has 2 aliphatic carbocycles. The predicted molar refractivity (Wildman–Crippen MR) is 124 cm³/mol. The van der Waals surface area contributed by atoms with Crippen molar-refractivity contribution >= 4 is 21.7 Å². The van der Waals surface area contributed by atoms with Crippen LogP contribution in [0.5, 0.6) is 0 Å². The molecule has 31 heavy (non-hydrogen) atoms. The van der Waals surface area contributed by atoms with Crippen LogP contribution in [0.1, 0.15) is 47.6 Å². The smallest absolute Gasteiger partial charge is 0.307 e. The summed E-state index contributed by atoms with van der Waals surface area (Å²) in [5.74, 6) is 0. The van der Waals surface area contributed by atoms with Crippen LogP contribution in [0.2, 0.25) is 0 Å². The Morgan fingerprint density at radius 2 is 1.65 bits per heavy atom. The molecule has 2 N–H and O–H groups in total. The van der Waals surface area contributed by atoms with Crippen molar-refractivity contribution in [1.82, 2.24) is 9.62 Å². The molecule has 0 fully saturated rings. The van der Waals surface area contributed by atoms with E-state index in [2.05, 4.69) is 16.1 Å². The lowest BCUT2D eigenvalue weighted by atomic mass is 9.99. The number of carbonyl (C=O) groups is 1. The van der Waals surface area contributed by atoms with Gasteiger partial charge in [0.25, 0.3) is 0 Å². The number of aryl methyl sites for hydroxylation is 2. The van der Waals surface area contributed by atoms with Gasteiger partial charge >= 0.3 is 6.03 Å². The van der Waals surface area contributed by atoms with Crippen molar-refractivity contribution in [3.8, 4) is 0 Å². The van der Waals surface area contributed by atoms with E-state index in [0.29, 0.717) is 13.1 Å². The lowest BCUT2D eigenvalue weighted by Crippen LogP contribution is -2.43. The molecule has 0 bridgehead atoms. The molecule has 2 aromatic rings. The number of urea groups is 1. The first-order valence-electron chi connectivity index (χ1n) is 11.0. The zero-order valence-corrected chi connectivity index (χ0v) is 19.1. The Morgan fingerprint density at radius 1 is 1.03 bits per heavy atom. The van der Waals surface area contributed by atoms with Gasteiger partial charge < -0.3 is 10.2 Å². The second-order valence-electron chi connectivity index (χ2n) is 8.83. The Bertz CT molecular complexity index is 1030. The van der Waals surface area contributed by atoms with E-state index < -0.39 is 21.3 Å². The van der Waals surface area contributed by atoms with Crippen molar-refractivity contribution in [2.45, 2.75) is 57.2 Å². The van der Waals surface area contributed by atoms with Crippen molar-refractivity contribution in [1.29, 1.82) is 0 Å². The Hall–Kier alpha value is -2.38. The number of fused-ring (bicyclic) bond motifs is 2. The van der Waals surface area contributed by atoms with Crippen molar-refractivity contribution in [2.75, 3.05) is 18.9 Å². The summed E-state index contributed by atoms with van der Waals surface area (Å²) in [7, 11) is -1.91. The summed E-state index contributed by atoms with van der Waals surface area (Å²) in [4.78, 5) is 14.6. The van der Waals surface area contributed by atoms with Gasteiger partial charge in [0.2, 0.25) is 10.0 Å². The largest absolute Gasteiger partial charge is 0.332 e. The maximum absolute atomic E-state index is 12.8. The number of anilines is 1. The molecule has 4 rings (SSSR count). The number of nitrogens with one attached hydrogen (secondary N) is 2. The highest BCUT2D eigenvalue weighted by molar-refractivity contribution is 7.90. The zero-order chi connectivity index (χ0) is 22.0. The lowest BCUT2D eigenvalue weighted by molar-refractivity contribution is 0.256. The molecule has 2 aromatic carbocycles. The summed E-state index contributed by atoms with van der Waals surface area (Å²) >= 11 is 0. The van der Waals surface area contributed by atoms with E-state index in [-0.39, 0.29) is 0 Å². The molecule has 0 saturated heterocycles. The summed E-state index contributed by atoms with van der Waals surface area (Å²) in [5, 5.41) is 2.18. The van der Waals surface area contributed by atoms with Gasteiger partial charge in [0, 0.05) is 18.8 Å². The van der Waals surface area contributed by atoms with Crippen molar-refractivity contribution in [2.24, 2.45) is 0 Å². The minimum atomic E-state index is -3.80. The molecule has 166 valence electrons. The molecule has 0 saturated carbocycles. The van der Waals surface area contributed by atoms with Gasteiger partial charge in [-0.15, -0.1) is 0 Å². The van der Waals surface area contributed by atoms with Gasteiger partial charge in [-0.1, -0.05) is 36.4 Å². The maximum atomic E-state index is 12.8. The Morgan fingerprint density at radius 3 is 2.26 bits per heavy atom. The molecule has 0 heterocycles. The normalized spacial score (nSPS) is 16.1. The molecular formula is C24H31N3O3S. The van der Waals surface area contributed by atoms with E-state index in [1.807, 2.05) is 42.3 Å². The molecule has 2 amide bonds. The van der Waals surface area contributed by atoms with E-state index in [4.69, 9.17) is 0 Å². The van der Waals surface area contributed by atoms with Gasteiger partial charge in [-0.05, 0) is 80.3 Å². The Labute approximate surface area is 185 Å². The number of benzene rings is 2. The van der Waals surface area contributed by atoms with Gasteiger partial charge in [-0.25, -0.2) is 17.9 Å². The summed E-state index contributed by atoms with van der Waals surface area (Å²) in [6.45, 7) is 2.61. The van der Waals surface area contributed by atoms with Crippen LogP contribution in [0.15, 0.2) is 36.4 Å². The molecule has 0 aliphatic heterocycles. The molecule has 6 nitrogen and oxygen atoms in total. The number of rotatable bonds is 7. The fraction of sp³-hybridized carbons (Fsp3) is 0.458. The Balaban J connectivity index is 1.40. The molecule has 0 aromatic heterocycles. The topological polar surface area (TPSA) is 78.5 Å². The molecule has 1 atom stereocenters. The summed E-state index contributed by atoms with van der Waals surface area (Å²) in [6.07, 6.45) is 6.09. The van der Waals surface area contributed by atoms with Crippen LogP contribution < -0.4 is 10.0 Å². The second-order valence-corrected chi connectivity index (χ2v) is 10.9. The molecular weight excluding hydrogens is 410 g/mol. The van der Waals surface area contributed by atoms with Gasteiger partial charge in [-0.2, -0.15) is 0 Å². The molecule has 7 heteroatoms. The van der Waals surface area contributed by atoms with Gasteiger partial charge in [0.15, 0.2) is 0 Å². The third-order valence-electron chi connectivity index (χ3n) is 6.34. The van der Waals surface area contributed by atoms with Gasteiger partial charge in [-0.3, -0.25) is 0 Å². The first kappa shape index (κ1) is 21.8. The van der Waals surface area contributed by atoms with Crippen LogP contribution >= 0.6 is 0 Å². The number of nitrogens with zero attached hydrogens (tertiary/aromatic N) is 1. The van der Waals surface area contributed by atoms with Crippen LogP contribution in [0, 0.1) is 0 Å². The van der Waals surface area contributed by atoms with Crippen LogP contribution in [-0.4, -0.2) is 38.2 Å². The summed E-state index contributed by atoms with van der Waals surface area (Å²) in [6, 6.07) is 11.5. The van der Waals surface area contributed by atoms with Crippen molar-refractivity contribution < 1.29 is 13.2 Å². The maximum Gasteiger partial charge on any atom is 0.332 e. The number of sulfonamides is 1. The van der Waals surface area contributed by atoms with Gasteiger partial charge in [0.1, 0.15) is 0 Å². The van der Waals surface area contributed by atoms with Gasteiger partial charge in [0.05, 0.1) is 5.25 Å². The van der Waals surface area contributed by atoms with Crippen molar-refractivity contribution in [3.05, 3.63) is 64.2 Å². The zero-order valence-electron chi connectivity index (χ0n) is 18.3. The molecule has 0 spiro atoms. The highest BCUT2D eigenvalue weighted by Crippen LogP contribution is 2.38. The van der Waals surface area contributed by atoms with E-state index in [0.717, 1.165) is 49.8 Å². The number of hydrogen-bond acceptors (Lipinski definition) is 4. The minimum Gasteiger partial charge on any atom is -0.307 e. The average Bonchev–Trinajstić information content (AvgIpc) is 3.37. The summed E-state index contributed by atoms with van der Waals surface area (Å²) in [5.41, 5.74) is 6.94. The minimum absolute atomic E-state index is 0.327. The summed E-state index contributed by atoms with van der Waals surface area (Å²) < 4.78 is 27.8. The third kappa shape index (κ3) is 4.93. The quantitative estimate of drug-likeness (QED) is 0.688. The van der Waals surface area contributed by atoms with Crippen molar-refractivity contribution in [3.63, 3.8) is 0 Å². The number of amides is 2. The standard InChI is InChI=1S/C24H31N3O3S/c1-17(15-27(2)16-18-8-4-3-5-9-18)31(29,30)26-24(28)25-23-21-12-6-10-19(21)14-20-11-7-13-22(20)23/h3-5,8-9,14,17H,6-7,10-13,15-16H2,1-2H3,(H2,25,26,28). The van der Waals surface area contributed by atoms with E-state index in [1.54, 1.807) is 6.92 Å². The molecule has 2 aliphatic rings. The second kappa shape index (κ2) is 9.01. The van der Waals surface area contributed by atoms with Crippen LogP contribution in [-0.2, 0) is 42.3 Å². The fourth-order valence-electron chi connectivity index (χ4n) is 4.83. The SMILES string of the molecule is CC(CN(C)Cc1ccccc1)S(=O)(=O)NC(=O)Nc1c2c(cc3c1CCC3)CCC2. The lowest BCUT2D eigenvalue weighted by Gasteiger charge is -2.22. The van der Waals surface area contributed by atoms with E-state index >= 15 is 0 Å². The Kier molecular flexibility index (Phi) is 6.34. The van der Waals surface area contributed by atoms with Crippen LogP contribution in [0.4, 0.5) is 10.5 Å². The molecule has 0 radical (unpaired) electrons. The first-order chi connectivity index (χ1) is 14.8. The fourth-order valence-corrected chi connectivity index (χ4v) is 5.79. The highest BCUT2D eigenvalue weighted by Gasteiger charge is 2.28. The van der Waals surface area contributed by atoms with E-state index in [1.165, 1.54) is 22.3 Å². The number of hydrogen-bond donors (Lipinski definition) is 2. The monoisotopic (exact) mass is 441 g/mol.